The van der Waals surface area contributed by atoms with Gasteiger partial charge in [-0.05, 0) is 18.4 Å². The molecule has 0 aliphatic heterocycles. The minimum atomic E-state index is -0.0989. The fourth-order valence-electron chi connectivity index (χ4n) is 3.26. The fourth-order valence-corrected chi connectivity index (χ4v) is 3.91. The summed E-state index contributed by atoms with van der Waals surface area (Å²) in [5.41, 5.74) is 7.43. The number of thiazole rings is 1. The average molecular weight is 352 g/mol. The third-order valence-electron chi connectivity index (χ3n) is 4.49. The van der Waals surface area contributed by atoms with Crippen molar-refractivity contribution in [2.24, 2.45) is 5.73 Å². The second-order valence-corrected chi connectivity index (χ2v) is 6.81. The zero-order chi connectivity index (χ0) is 15.4. The highest BCUT2D eigenvalue weighted by Crippen LogP contribution is 2.40. The van der Waals surface area contributed by atoms with E-state index in [-0.39, 0.29) is 23.7 Å². The van der Waals surface area contributed by atoms with E-state index in [1.165, 1.54) is 29.7 Å². The van der Waals surface area contributed by atoms with Crippen molar-refractivity contribution in [3.05, 3.63) is 52.0 Å². The molecule has 23 heavy (non-hydrogen) atoms. The molecule has 1 aliphatic carbocycles. The van der Waals surface area contributed by atoms with Crippen LogP contribution in [0.5, 0.6) is 0 Å². The van der Waals surface area contributed by atoms with E-state index in [1.54, 1.807) is 5.38 Å². The van der Waals surface area contributed by atoms with Gasteiger partial charge in [0.1, 0.15) is 10.7 Å². The van der Waals surface area contributed by atoms with Crippen LogP contribution in [-0.4, -0.2) is 17.4 Å². The molecule has 1 saturated carbocycles. The number of carbonyl (C=O) groups is 1. The molecule has 124 valence electrons. The molecule has 0 atom stereocenters. The van der Waals surface area contributed by atoms with Gasteiger partial charge in [0.15, 0.2) is 0 Å². The van der Waals surface area contributed by atoms with Crippen molar-refractivity contribution in [2.75, 3.05) is 6.54 Å². The quantitative estimate of drug-likeness (QED) is 0.868. The van der Waals surface area contributed by atoms with Crippen molar-refractivity contribution in [3.8, 4) is 0 Å². The van der Waals surface area contributed by atoms with Gasteiger partial charge < -0.3 is 11.1 Å². The van der Waals surface area contributed by atoms with Crippen LogP contribution in [0.2, 0.25) is 0 Å². The van der Waals surface area contributed by atoms with Gasteiger partial charge in [-0.15, -0.1) is 23.7 Å². The van der Waals surface area contributed by atoms with Gasteiger partial charge in [0.2, 0.25) is 0 Å². The number of nitrogens with zero attached hydrogens (tertiary/aromatic N) is 1. The molecular formula is C17H22ClN3OS. The average Bonchev–Trinajstić information content (AvgIpc) is 3.23. The summed E-state index contributed by atoms with van der Waals surface area (Å²) in [6.45, 7) is 1.05. The SMILES string of the molecule is Cl.NCc1nc(C(=O)NCC2(c3ccccc3)CCCC2)cs1. The number of hydrogen-bond acceptors (Lipinski definition) is 4. The van der Waals surface area contributed by atoms with Crippen molar-refractivity contribution >= 4 is 29.7 Å². The molecule has 4 nitrogen and oxygen atoms in total. The molecule has 3 rings (SSSR count). The van der Waals surface area contributed by atoms with Gasteiger partial charge in [0.05, 0.1) is 0 Å². The Labute approximate surface area is 146 Å². The molecular weight excluding hydrogens is 330 g/mol. The number of amides is 1. The summed E-state index contributed by atoms with van der Waals surface area (Å²) in [6, 6.07) is 10.5. The molecule has 0 spiro atoms. The molecule has 1 aromatic heterocycles. The van der Waals surface area contributed by atoms with Crippen LogP contribution in [-0.2, 0) is 12.0 Å². The van der Waals surface area contributed by atoms with E-state index in [4.69, 9.17) is 5.73 Å². The summed E-state index contributed by atoms with van der Waals surface area (Å²) < 4.78 is 0. The molecule has 1 amide bonds. The number of halogens is 1. The Hall–Kier alpha value is -1.43. The standard InChI is InChI=1S/C17H21N3OS.ClH/c18-10-15-20-14(11-22-15)16(21)19-12-17(8-4-5-9-17)13-6-2-1-3-7-13;/h1-3,6-7,11H,4-5,8-10,12,18H2,(H,19,21);1H. The minimum Gasteiger partial charge on any atom is -0.350 e. The number of carbonyl (C=O) groups excluding carboxylic acids is 1. The van der Waals surface area contributed by atoms with Crippen molar-refractivity contribution in [1.82, 2.24) is 10.3 Å². The highest BCUT2D eigenvalue weighted by Gasteiger charge is 2.35. The Kier molecular flexibility index (Phi) is 6.16. The van der Waals surface area contributed by atoms with Gasteiger partial charge in [0, 0.05) is 23.9 Å². The third-order valence-corrected chi connectivity index (χ3v) is 5.36. The zero-order valence-electron chi connectivity index (χ0n) is 13.0. The summed E-state index contributed by atoms with van der Waals surface area (Å²) in [5, 5.41) is 5.66. The molecule has 1 aliphatic rings. The van der Waals surface area contributed by atoms with Crippen LogP contribution >= 0.6 is 23.7 Å². The monoisotopic (exact) mass is 351 g/mol. The lowest BCUT2D eigenvalue weighted by Crippen LogP contribution is -2.39. The van der Waals surface area contributed by atoms with Crippen LogP contribution in [0.1, 0.15) is 46.7 Å². The highest BCUT2D eigenvalue weighted by molar-refractivity contribution is 7.09. The van der Waals surface area contributed by atoms with Gasteiger partial charge in [-0.3, -0.25) is 4.79 Å². The predicted octanol–water partition coefficient (Wildman–Crippen LogP) is 3.27. The minimum absolute atomic E-state index is 0. The van der Waals surface area contributed by atoms with Gasteiger partial charge in [-0.25, -0.2) is 4.98 Å². The van der Waals surface area contributed by atoms with Crippen molar-refractivity contribution in [1.29, 1.82) is 0 Å². The molecule has 3 N–H and O–H groups in total. The fraction of sp³-hybridized carbons (Fsp3) is 0.412. The van der Waals surface area contributed by atoms with Crippen LogP contribution in [0.15, 0.2) is 35.7 Å². The van der Waals surface area contributed by atoms with E-state index in [0.29, 0.717) is 18.8 Å². The lowest BCUT2D eigenvalue weighted by molar-refractivity contribution is 0.0938. The molecule has 0 radical (unpaired) electrons. The molecule has 1 aromatic carbocycles. The summed E-state index contributed by atoms with van der Waals surface area (Å²) in [4.78, 5) is 16.5. The van der Waals surface area contributed by atoms with Crippen LogP contribution in [0.25, 0.3) is 0 Å². The smallest absolute Gasteiger partial charge is 0.270 e. The summed E-state index contributed by atoms with van der Waals surface area (Å²) in [5.74, 6) is -0.0989. The second-order valence-electron chi connectivity index (χ2n) is 5.87. The van der Waals surface area contributed by atoms with Crippen molar-refractivity contribution in [2.45, 2.75) is 37.6 Å². The first-order chi connectivity index (χ1) is 10.7. The lowest BCUT2D eigenvalue weighted by atomic mass is 9.79. The predicted molar refractivity (Wildman–Crippen MR) is 96.2 cm³/mol. The zero-order valence-corrected chi connectivity index (χ0v) is 14.6. The van der Waals surface area contributed by atoms with Crippen molar-refractivity contribution in [3.63, 3.8) is 0 Å². The molecule has 1 fully saturated rings. The van der Waals surface area contributed by atoms with Gasteiger partial charge in [-0.2, -0.15) is 0 Å². The maximum atomic E-state index is 12.3. The van der Waals surface area contributed by atoms with Gasteiger partial charge in [0.25, 0.3) is 5.91 Å². The maximum absolute atomic E-state index is 12.3. The topological polar surface area (TPSA) is 68.0 Å². The Morgan fingerprint density at radius 1 is 1.26 bits per heavy atom. The van der Waals surface area contributed by atoms with Crippen LogP contribution in [0.4, 0.5) is 0 Å². The first-order valence-corrected chi connectivity index (χ1v) is 8.60. The second kappa shape index (κ2) is 7.90. The lowest BCUT2D eigenvalue weighted by Gasteiger charge is -2.29. The number of rotatable bonds is 5. The first-order valence-electron chi connectivity index (χ1n) is 7.72. The summed E-state index contributed by atoms with van der Waals surface area (Å²) in [7, 11) is 0. The number of aromatic nitrogens is 1. The van der Waals surface area contributed by atoms with Crippen LogP contribution in [0, 0.1) is 0 Å². The van der Waals surface area contributed by atoms with Gasteiger partial charge >= 0.3 is 0 Å². The molecule has 1 heterocycles. The van der Waals surface area contributed by atoms with Crippen LogP contribution in [0.3, 0.4) is 0 Å². The third kappa shape index (κ3) is 3.91. The van der Waals surface area contributed by atoms with E-state index in [9.17, 15) is 4.79 Å². The molecule has 6 heteroatoms. The van der Waals surface area contributed by atoms with E-state index in [2.05, 4.69) is 34.6 Å². The van der Waals surface area contributed by atoms with Gasteiger partial charge in [-0.1, -0.05) is 43.2 Å². The van der Waals surface area contributed by atoms with Crippen LogP contribution < -0.4 is 11.1 Å². The number of nitrogens with two attached hydrogens (primary N) is 1. The van der Waals surface area contributed by atoms with E-state index in [0.717, 1.165) is 17.8 Å². The number of nitrogens with one attached hydrogen (secondary N) is 1. The maximum Gasteiger partial charge on any atom is 0.270 e. The Bertz CT molecular complexity index is 638. The first kappa shape index (κ1) is 17.9. The Morgan fingerprint density at radius 2 is 1.96 bits per heavy atom. The Morgan fingerprint density at radius 3 is 2.57 bits per heavy atom. The number of benzene rings is 1. The molecule has 2 aromatic rings. The summed E-state index contributed by atoms with van der Waals surface area (Å²) in [6.07, 6.45) is 4.70. The molecule has 0 unspecified atom stereocenters. The van der Waals surface area contributed by atoms with E-state index in [1.807, 2.05) is 6.07 Å². The normalized spacial score (nSPS) is 15.9. The summed E-state index contributed by atoms with van der Waals surface area (Å²) >= 11 is 1.43. The highest BCUT2D eigenvalue weighted by atomic mass is 35.5. The number of hydrogen-bond donors (Lipinski definition) is 2. The molecule has 0 saturated heterocycles. The Balaban J connectivity index is 0.00000192. The molecule has 0 bridgehead atoms. The largest absolute Gasteiger partial charge is 0.350 e. The van der Waals surface area contributed by atoms with Crippen molar-refractivity contribution < 1.29 is 4.79 Å². The van der Waals surface area contributed by atoms with E-state index < -0.39 is 0 Å². The van der Waals surface area contributed by atoms with E-state index >= 15 is 0 Å².